The van der Waals surface area contributed by atoms with Crippen LogP contribution < -0.4 is 0 Å². The number of aryl methyl sites for hydroxylation is 1. The first-order valence-electron chi connectivity index (χ1n) is 7.16. The maximum Gasteiger partial charge on any atom is 0.134 e. The number of aromatic nitrogens is 3. The fourth-order valence-electron chi connectivity index (χ4n) is 2.15. The molecule has 0 aliphatic rings. The zero-order chi connectivity index (χ0) is 17.1. The molecule has 0 aliphatic carbocycles. The molecule has 3 aromatic rings. The van der Waals surface area contributed by atoms with Crippen LogP contribution in [0.4, 0.5) is 0 Å². The van der Waals surface area contributed by atoms with Gasteiger partial charge in [0.1, 0.15) is 11.1 Å². The van der Waals surface area contributed by atoms with E-state index >= 15 is 0 Å². The molecule has 0 amide bonds. The predicted molar refractivity (Wildman–Crippen MR) is 99.0 cm³/mol. The van der Waals surface area contributed by atoms with E-state index in [0.717, 1.165) is 23.4 Å². The lowest BCUT2D eigenvalue weighted by atomic mass is 10.1. The van der Waals surface area contributed by atoms with Crippen LogP contribution in [0.5, 0.6) is 0 Å². The van der Waals surface area contributed by atoms with Crippen molar-refractivity contribution in [3.05, 3.63) is 56.6 Å². The molecule has 1 aromatic carbocycles. The Balaban J connectivity index is 1.94. The number of hydrogen-bond acceptors (Lipinski definition) is 4. The molecule has 7 heteroatoms. The van der Waals surface area contributed by atoms with Crippen LogP contribution in [0.25, 0.3) is 22.9 Å². The Morgan fingerprint density at radius 3 is 2.92 bits per heavy atom. The first-order chi connectivity index (χ1) is 11.6. The van der Waals surface area contributed by atoms with Crippen molar-refractivity contribution in [2.75, 3.05) is 0 Å². The van der Waals surface area contributed by atoms with Gasteiger partial charge in [0, 0.05) is 34.3 Å². The van der Waals surface area contributed by atoms with E-state index in [1.54, 1.807) is 24.4 Å². The first kappa shape index (κ1) is 16.7. The third-order valence-electron chi connectivity index (χ3n) is 3.35. The van der Waals surface area contributed by atoms with Gasteiger partial charge in [0.25, 0.3) is 0 Å². The van der Waals surface area contributed by atoms with E-state index in [4.69, 9.17) is 23.2 Å². The molecule has 120 valence electrons. The van der Waals surface area contributed by atoms with Crippen molar-refractivity contribution in [3.8, 4) is 17.3 Å². The molecule has 3 rings (SSSR count). The van der Waals surface area contributed by atoms with Gasteiger partial charge in [-0.05, 0) is 31.2 Å². The normalized spacial score (nSPS) is 11.5. The van der Waals surface area contributed by atoms with Gasteiger partial charge in [-0.2, -0.15) is 10.4 Å². The summed E-state index contributed by atoms with van der Waals surface area (Å²) in [7, 11) is 0. The van der Waals surface area contributed by atoms with Crippen molar-refractivity contribution in [1.29, 1.82) is 5.26 Å². The summed E-state index contributed by atoms with van der Waals surface area (Å²) in [6.45, 7) is 2.79. The minimum absolute atomic E-state index is 0.493. The van der Waals surface area contributed by atoms with Crippen molar-refractivity contribution in [3.63, 3.8) is 0 Å². The predicted octanol–water partition coefficient (Wildman–Crippen LogP) is 5.40. The second-order valence-electron chi connectivity index (χ2n) is 4.96. The summed E-state index contributed by atoms with van der Waals surface area (Å²) in [4.78, 5) is 4.54. The average molecular weight is 375 g/mol. The highest BCUT2D eigenvalue weighted by Gasteiger charge is 2.12. The molecular weight excluding hydrogens is 363 g/mol. The molecule has 0 unspecified atom stereocenters. The third kappa shape index (κ3) is 3.51. The Morgan fingerprint density at radius 1 is 1.42 bits per heavy atom. The lowest BCUT2D eigenvalue weighted by Gasteiger charge is -2.00. The number of nitriles is 1. The Labute approximate surface area is 153 Å². The molecule has 0 saturated carbocycles. The van der Waals surface area contributed by atoms with Crippen LogP contribution in [0, 0.1) is 11.3 Å². The van der Waals surface area contributed by atoms with Crippen LogP contribution in [0.1, 0.15) is 17.5 Å². The fraction of sp³-hybridized carbons (Fsp3) is 0.118. The van der Waals surface area contributed by atoms with Crippen molar-refractivity contribution in [2.45, 2.75) is 13.5 Å². The maximum absolute atomic E-state index is 9.45. The van der Waals surface area contributed by atoms with Gasteiger partial charge in [0.05, 0.1) is 22.5 Å². The van der Waals surface area contributed by atoms with Crippen LogP contribution in [-0.2, 0) is 6.54 Å². The fourth-order valence-corrected chi connectivity index (χ4v) is 3.44. The minimum atomic E-state index is 0.493. The van der Waals surface area contributed by atoms with E-state index in [0.29, 0.717) is 20.6 Å². The van der Waals surface area contributed by atoms with Crippen LogP contribution in [0.15, 0.2) is 36.0 Å². The summed E-state index contributed by atoms with van der Waals surface area (Å²) in [5.41, 5.74) is 2.88. The first-order valence-corrected chi connectivity index (χ1v) is 8.80. The van der Waals surface area contributed by atoms with Crippen molar-refractivity contribution in [1.82, 2.24) is 14.8 Å². The summed E-state index contributed by atoms with van der Waals surface area (Å²) in [5, 5.41) is 17.3. The summed E-state index contributed by atoms with van der Waals surface area (Å²) in [6.07, 6.45) is 5.40. The maximum atomic E-state index is 9.45. The zero-order valence-corrected chi connectivity index (χ0v) is 15.0. The summed E-state index contributed by atoms with van der Waals surface area (Å²) in [6, 6.07) is 7.47. The Morgan fingerprint density at radius 2 is 2.25 bits per heavy atom. The molecule has 0 fully saturated rings. The molecule has 4 nitrogen and oxygen atoms in total. The van der Waals surface area contributed by atoms with Gasteiger partial charge < -0.3 is 0 Å². The number of halogens is 2. The van der Waals surface area contributed by atoms with Gasteiger partial charge in [-0.3, -0.25) is 4.68 Å². The second kappa shape index (κ2) is 7.18. The largest absolute Gasteiger partial charge is 0.272 e. The van der Waals surface area contributed by atoms with Gasteiger partial charge in [-0.15, -0.1) is 11.3 Å². The van der Waals surface area contributed by atoms with Crippen molar-refractivity contribution >= 4 is 46.2 Å². The van der Waals surface area contributed by atoms with Crippen molar-refractivity contribution in [2.24, 2.45) is 0 Å². The second-order valence-corrected chi connectivity index (χ2v) is 6.66. The molecule has 0 spiro atoms. The highest BCUT2D eigenvalue weighted by atomic mass is 35.5. The summed E-state index contributed by atoms with van der Waals surface area (Å²) in [5.74, 6) is 0. The highest BCUT2D eigenvalue weighted by molar-refractivity contribution is 7.11. The van der Waals surface area contributed by atoms with Crippen LogP contribution >= 0.6 is 34.5 Å². The Kier molecular flexibility index (Phi) is 5.00. The Bertz CT molecular complexity index is 950. The summed E-state index contributed by atoms with van der Waals surface area (Å²) < 4.78 is 1.81. The van der Waals surface area contributed by atoms with Gasteiger partial charge in [0.2, 0.25) is 0 Å². The van der Waals surface area contributed by atoms with Gasteiger partial charge in [0.15, 0.2) is 0 Å². The third-order valence-corrected chi connectivity index (χ3v) is 4.77. The lowest BCUT2D eigenvalue weighted by molar-refractivity contribution is 0.660. The molecule has 0 atom stereocenters. The van der Waals surface area contributed by atoms with E-state index in [1.807, 2.05) is 29.2 Å². The molecule has 0 radical (unpaired) electrons. The number of hydrogen-bond donors (Lipinski definition) is 0. The van der Waals surface area contributed by atoms with Crippen LogP contribution in [-0.4, -0.2) is 14.8 Å². The van der Waals surface area contributed by atoms with Crippen molar-refractivity contribution < 1.29 is 0 Å². The molecule has 0 bridgehead atoms. The number of thiazole rings is 1. The molecule has 0 saturated heterocycles. The zero-order valence-electron chi connectivity index (χ0n) is 12.7. The molecular formula is C17H12Cl2N4S. The van der Waals surface area contributed by atoms with E-state index in [9.17, 15) is 5.26 Å². The highest BCUT2D eigenvalue weighted by Crippen LogP contribution is 2.32. The quantitative estimate of drug-likeness (QED) is 0.574. The van der Waals surface area contributed by atoms with Crippen LogP contribution in [0.2, 0.25) is 10.0 Å². The topological polar surface area (TPSA) is 54.5 Å². The van der Waals surface area contributed by atoms with E-state index < -0.39 is 0 Å². The van der Waals surface area contributed by atoms with Gasteiger partial charge >= 0.3 is 0 Å². The Hall–Kier alpha value is -2.13. The number of nitrogens with zero attached hydrogens (tertiary/aromatic N) is 4. The molecule has 2 aromatic heterocycles. The smallest absolute Gasteiger partial charge is 0.134 e. The molecule has 0 aliphatic heterocycles. The molecule has 24 heavy (non-hydrogen) atoms. The number of allylic oxidation sites excluding steroid dienone is 1. The van der Waals surface area contributed by atoms with E-state index in [2.05, 4.69) is 16.2 Å². The number of benzene rings is 1. The van der Waals surface area contributed by atoms with E-state index in [-0.39, 0.29) is 0 Å². The number of rotatable bonds is 4. The summed E-state index contributed by atoms with van der Waals surface area (Å²) >= 11 is 13.6. The van der Waals surface area contributed by atoms with Gasteiger partial charge in [-0.1, -0.05) is 23.2 Å². The van der Waals surface area contributed by atoms with Gasteiger partial charge in [-0.25, -0.2) is 4.98 Å². The molecule has 0 N–H and O–H groups in total. The monoisotopic (exact) mass is 374 g/mol. The lowest BCUT2D eigenvalue weighted by Crippen LogP contribution is -1.91. The minimum Gasteiger partial charge on any atom is -0.272 e. The SMILES string of the molecule is CCn1cc(/C=C(\C#N)c2nc(-c3ccc(Cl)cc3Cl)cs2)cn1. The van der Waals surface area contributed by atoms with Crippen LogP contribution in [0.3, 0.4) is 0 Å². The average Bonchev–Trinajstić information content (AvgIpc) is 3.21. The molecule has 2 heterocycles. The standard InChI is InChI=1S/C17H12Cl2N4S/c1-2-23-9-11(8-21-23)5-12(7-20)17-22-16(10-24-17)14-4-3-13(18)6-15(14)19/h3-6,8-10H,2H2,1H3/b12-5+. The van der Waals surface area contributed by atoms with E-state index in [1.165, 1.54) is 11.3 Å².